The van der Waals surface area contributed by atoms with Gasteiger partial charge < -0.3 is 10.2 Å². The van der Waals surface area contributed by atoms with Gasteiger partial charge in [0, 0.05) is 38.1 Å². The van der Waals surface area contributed by atoms with E-state index in [1.54, 1.807) is 0 Å². The van der Waals surface area contributed by atoms with Crippen LogP contribution in [0.15, 0.2) is 0 Å². The third kappa shape index (κ3) is 3.96. The fourth-order valence-electron chi connectivity index (χ4n) is 2.35. The zero-order valence-corrected chi connectivity index (χ0v) is 11.7. The standard InChI is InChI=1S/C13H27N3O/c1-5-12-10-16(8-7-15(12)4)13(17)11(3)9-14-6-2/h11-12,14H,5-10H2,1-4H3. The van der Waals surface area contributed by atoms with Gasteiger partial charge in [0.2, 0.25) is 5.91 Å². The summed E-state index contributed by atoms with van der Waals surface area (Å²) in [5, 5.41) is 3.24. The molecule has 1 saturated heterocycles. The molecule has 0 saturated carbocycles. The molecule has 0 aromatic rings. The molecule has 1 fully saturated rings. The van der Waals surface area contributed by atoms with Gasteiger partial charge in [-0.1, -0.05) is 20.8 Å². The van der Waals surface area contributed by atoms with Crippen molar-refractivity contribution in [1.82, 2.24) is 15.1 Å². The van der Waals surface area contributed by atoms with Crippen molar-refractivity contribution >= 4 is 5.91 Å². The van der Waals surface area contributed by atoms with Crippen LogP contribution in [0.1, 0.15) is 27.2 Å². The average molecular weight is 241 g/mol. The lowest BCUT2D eigenvalue weighted by atomic mass is 10.1. The molecule has 17 heavy (non-hydrogen) atoms. The molecule has 1 heterocycles. The van der Waals surface area contributed by atoms with E-state index in [1.807, 2.05) is 11.8 Å². The summed E-state index contributed by atoms with van der Waals surface area (Å²) in [6, 6.07) is 0.527. The summed E-state index contributed by atoms with van der Waals surface area (Å²) in [7, 11) is 2.15. The SMILES string of the molecule is CCNCC(C)C(=O)N1CCN(C)C(CC)C1. The molecule has 4 heteroatoms. The highest BCUT2D eigenvalue weighted by Crippen LogP contribution is 2.13. The summed E-state index contributed by atoms with van der Waals surface area (Å²) in [6.07, 6.45) is 1.11. The minimum Gasteiger partial charge on any atom is -0.340 e. The molecule has 1 rings (SSSR count). The van der Waals surface area contributed by atoms with E-state index < -0.39 is 0 Å². The van der Waals surface area contributed by atoms with Crippen molar-refractivity contribution in [3.63, 3.8) is 0 Å². The molecule has 0 aromatic heterocycles. The van der Waals surface area contributed by atoms with E-state index in [-0.39, 0.29) is 5.92 Å². The van der Waals surface area contributed by atoms with Crippen molar-refractivity contribution in [3.05, 3.63) is 0 Å². The lowest BCUT2D eigenvalue weighted by Gasteiger charge is -2.40. The van der Waals surface area contributed by atoms with Crippen LogP contribution >= 0.6 is 0 Å². The molecule has 0 spiro atoms. The van der Waals surface area contributed by atoms with Gasteiger partial charge in [-0.3, -0.25) is 9.69 Å². The van der Waals surface area contributed by atoms with Crippen molar-refractivity contribution in [2.75, 3.05) is 39.8 Å². The predicted molar refractivity (Wildman–Crippen MR) is 71.0 cm³/mol. The monoisotopic (exact) mass is 241 g/mol. The number of hydrogen-bond acceptors (Lipinski definition) is 3. The summed E-state index contributed by atoms with van der Waals surface area (Å²) >= 11 is 0. The molecule has 1 aliphatic heterocycles. The Hall–Kier alpha value is -0.610. The smallest absolute Gasteiger partial charge is 0.226 e. The van der Waals surface area contributed by atoms with Crippen LogP contribution in [0.25, 0.3) is 0 Å². The number of piperazine rings is 1. The van der Waals surface area contributed by atoms with Crippen LogP contribution < -0.4 is 5.32 Å². The molecule has 1 aliphatic rings. The van der Waals surface area contributed by atoms with Crippen LogP contribution in [0.5, 0.6) is 0 Å². The number of carbonyl (C=O) groups excluding carboxylic acids is 1. The van der Waals surface area contributed by atoms with Crippen LogP contribution in [0.3, 0.4) is 0 Å². The molecule has 1 N–H and O–H groups in total. The fraction of sp³-hybridized carbons (Fsp3) is 0.923. The van der Waals surface area contributed by atoms with Gasteiger partial charge in [-0.05, 0) is 20.0 Å². The summed E-state index contributed by atoms with van der Waals surface area (Å²) < 4.78 is 0. The Morgan fingerprint density at radius 2 is 2.12 bits per heavy atom. The highest BCUT2D eigenvalue weighted by molar-refractivity contribution is 5.78. The van der Waals surface area contributed by atoms with Crippen molar-refractivity contribution in [3.8, 4) is 0 Å². The van der Waals surface area contributed by atoms with Crippen molar-refractivity contribution < 1.29 is 4.79 Å². The number of likely N-dealkylation sites (N-methyl/N-ethyl adjacent to an activating group) is 1. The molecule has 0 aromatic carbocycles. The molecular formula is C13H27N3O. The Bertz CT molecular complexity index is 245. The van der Waals surface area contributed by atoms with Gasteiger partial charge in [-0.25, -0.2) is 0 Å². The predicted octanol–water partition coefficient (Wildman–Crippen LogP) is 0.785. The minimum absolute atomic E-state index is 0.0934. The van der Waals surface area contributed by atoms with E-state index in [9.17, 15) is 4.79 Å². The molecule has 0 radical (unpaired) electrons. The van der Waals surface area contributed by atoms with Gasteiger partial charge in [0.1, 0.15) is 0 Å². The average Bonchev–Trinajstić information content (AvgIpc) is 2.35. The summed E-state index contributed by atoms with van der Waals surface area (Å²) in [5.74, 6) is 0.397. The molecule has 0 aliphatic carbocycles. The lowest BCUT2D eigenvalue weighted by molar-refractivity contribution is -0.137. The van der Waals surface area contributed by atoms with Gasteiger partial charge in [0.15, 0.2) is 0 Å². The Labute approximate surface area is 105 Å². The third-order valence-electron chi connectivity index (χ3n) is 3.68. The topological polar surface area (TPSA) is 35.6 Å². The highest BCUT2D eigenvalue weighted by Gasteiger charge is 2.28. The summed E-state index contributed by atoms with van der Waals surface area (Å²) in [5.41, 5.74) is 0. The van der Waals surface area contributed by atoms with Gasteiger partial charge in [0.05, 0.1) is 0 Å². The first-order valence-electron chi connectivity index (χ1n) is 6.79. The molecule has 2 unspecified atom stereocenters. The van der Waals surface area contributed by atoms with E-state index in [2.05, 4.69) is 31.1 Å². The van der Waals surface area contributed by atoms with Gasteiger partial charge in [0.25, 0.3) is 0 Å². The second-order valence-corrected chi connectivity index (χ2v) is 5.04. The molecule has 2 atom stereocenters. The second kappa shape index (κ2) is 6.97. The number of amides is 1. The van der Waals surface area contributed by atoms with Crippen LogP contribution in [0.4, 0.5) is 0 Å². The first-order chi connectivity index (χ1) is 8.10. The maximum atomic E-state index is 12.2. The van der Waals surface area contributed by atoms with Crippen LogP contribution in [0, 0.1) is 5.92 Å². The highest BCUT2D eigenvalue weighted by atomic mass is 16.2. The van der Waals surface area contributed by atoms with Crippen LogP contribution in [0.2, 0.25) is 0 Å². The Morgan fingerprint density at radius 3 is 2.71 bits per heavy atom. The van der Waals surface area contributed by atoms with Gasteiger partial charge in [-0.15, -0.1) is 0 Å². The van der Waals surface area contributed by atoms with Gasteiger partial charge >= 0.3 is 0 Å². The maximum absolute atomic E-state index is 12.2. The zero-order chi connectivity index (χ0) is 12.8. The van der Waals surface area contributed by atoms with Crippen molar-refractivity contribution in [2.24, 2.45) is 5.92 Å². The molecule has 0 bridgehead atoms. The first kappa shape index (κ1) is 14.5. The fourth-order valence-corrected chi connectivity index (χ4v) is 2.35. The van der Waals surface area contributed by atoms with E-state index in [4.69, 9.17) is 0 Å². The second-order valence-electron chi connectivity index (χ2n) is 5.04. The lowest BCUT2D eigenvalue weighted by Crippen LogP contribution is -2.54. The van der Waals surface area contributed by atoms with Crippen molar-refractivity contribution in [2.45, 2.75) is 33.2 Å². The van der Waals surface area contributed by atoms with E-state index in [1.165, 1.54) is 0 Å². The Balaban J connectivity index is 2.46. The quantitative estimate of drug-likeness (QED) is 0.773. The number of rotatable bonds is 5. The zero-order valence-electron chi connectivity index (χ0n) is 11.7. The van der Waals surface area contributed by atoms with E-state index >= 15 is 0 Å². The van der Waals surface area contributed by atoms with Crippen molar-refractivity contribution in [1.29, 1.82) is 0 Å². The minimum atomic E-state index is 0.0934. The first-order valence-corrected chi connectivity index (χ1v) is 6.79. The Morgan fingerprint density at radius 1 is 1.41 bits per heavy atom. The normalized spacial score (nSPS) is 23.8. The number of nitrogens with zero attached hydrogens (tertiary/aromatic N) is 2. The number of carbonyl (C=O) groups is 1. The molecule has 4 nitrogen and oxygen atoms in total. The van der Waals surface area contributed by atoms with Crippen LogP contribution in [-0.4, -0.2) is 61.5 Å². The number of hydrogen-bond donors (Lipinski definition) is 1. The number of nitrogens with one attached hydrogen (secondary N) is 1. The molecule has 1 amide bonds. The largest absolute Gasteiger partial charge is 0.340 e. The van der Waals surface area contributed by atoms with Gasteiger partial charge in [-0.2, -0.15) is 0 Å². The summed E-state index contributed by atoms with van der Waals surface area (Å²) in [4.78, 5) is 16.6. The van der Waals surface area contributed by atoms with E-state index in [0.717, 1.165) is 39.1 Å². The van der Waals surface area contributed by atoms with Crippen LogP contribution in [-0.2, 0) is 4.79 Å². The van der Waals surface area contributed by atoms with E-state index in [0.29, 0.717) is 11.9 Å². The Kier molecular flexibility index (Phi) is 5.92. The maximum Gasteiger partial charge on any atom is 0.226 e. The molecule has 100 valence electrons. The molecular weight excluding hydrogens is 214 g/mol. The third-order valence-corrected chi connectivity index (χ3v) is 3.68. The summed E-state index contributed by atoms with van der Waals surface area (Å²) in [6.45, 7) is 10.8.